The normalized spacial score (nSPS) is 13.0. The van der Waals surface area contributed by atoms with E-state index in [1.807, 2.05) is 7.05 Å². The Labute approximate surface area is 150 Å². The van der Waals surface area contributed by atoms with E-state index in [2.05, 4.69) is 55.2 Å². The van der Waals surface area contributed by atoms with Gasteiger partial charge in [0.25, 0.3) is 0 Å². The first-order valence-electron chi connectivity index (χ1n) is 7.40. The molecule has 0 saturated carbocycles. The molecule has 0 fully saturated rings. The molecule has 1 unspecified atom stereocenters. The van der Waals surface area contributed by atoms with E-state index in [1.54, 1.807) is 11.3 Å². The molecule has 122 valence electrons. The second kappa shape index (κ2) is 10.4. The molecule has 0 aliphatic rings. The summed E-state index contributed by atoms with van der Waals surface area (Å²) in [6.07, 6.45) is 1.97. The lowest BCUT2D eigenvalue weighted by molar-refractivity contribution is 0.481. The van der Waals surface area contributed by atoms with Crippen LogP contribution in [0.15, 0.2) is 4.99 Å². The first kappa shape index (κ1) is 20.6. The van der Waals surface area contributed by atoms with Gasteiger partial charge in [-0.3, -0.25) is 4.99 Å². The van der Waals surface area contributed by atoms with E-state index in [4.69, 9.17) is 0 Å². The molecule has 0 saturated heterocycles. The van der Waals surface area contributed by atoms with Crippen LogP contribution in [0.5, 0.6) is 0 Å². The summed E-state index contributed by atoms with van der Waals surface area (Å²) in [5, 5.41) is 7.97. The van der Waals surface area contributed by atoms with Crippen molar-refractivity contribution in [3.63, 3.8) is 0 Å². The van der Waals surface area contributed by atoms with Gasteiger partial charge in [0.1, 0.15) is 0 Å². The van der Waals surface area contributed by atoms with E-state index in [0.29, 0.717) is 12.0 Å². The van der Waals surface area contributed by atoms with Crippen LogP contribution in [-0.4, -0.2) is 30.6 Å². The summed E-state index contributed by atoms with van der Waals surface area (Å²) in [5.74, 6) is 1.46. The van der Waals surface area contributed by atoms with Crippen LogP contribution in [0.25, 0.3) is 0 Å². The lowest BCUT2D eigenvalue weighted by Crippen LogP contribution is -2.44. The highest BCUT2D eigenvalue weighted by Gasteiger charge is 2.09. The van der Waals surface area contributed by atoms with Gasteiger partial charge < -0.3 is 10.6 Å². The van der Waals surface area contributed by atoms with Crippen molar-refractivity contribution in [3.8, 4) is 0 Å². The van der Waals surface area contributed by atoms with Crippen molar-refractivity contribution in [1.29, 1.82) is 0 Å². The minimum Gasteiger partial charge on any atom is -0.356 e. The fourth-order valence-corrected chi connectivity index (χ4v) is 2.81. The number of aromatic nitrogens is 1. The predicted molar refractivity (Wildman–Crippen MR) is 104 cm³/mol. The Balaban J connectivity index is 0.00000400. The number of hydrogen-bond donors (Lipinski definition) is 2. The van der Waals surface area contributed by atoms with Crippen LogP contribution in [0.3, 0.4) is 0 Å². The van der Waals surface area contributed by atoms with Gasteiger partial charge in [-0.25, -0.2) is 4.98 Å². The van der Waals surface area contributed by atoms with E-state index >= 15 is 0 Å². The molecular formula is C15H29IN4S. The number of guanidine groups is 1. The second-order valence-corrected chi connectivity index (χ2v) is 6.68. The lowest BCUT2D eigenvalue weighted by atomic mass is 10.1. The van der Waals surface area contributed by atoms with E-state index in [1.165, 1.54) is 15.6 Å². The first-order chi connectivity index (χ1) is 9.47. The Morgan fingerprint density at radius 1 is 1.33 bits per heavy atom. The molecule has 1 heterocycles. The van der Waals surface area contributed by atoms with Gasteiger partial charge in [-0.1, -0.05) is 20.8 Å². The molecule has 1 atom stereocenters. The quantitative estimate of drug-likeness (QED) is 0.418. The Bertz CT molecular complexity index is 443. The number of nitrogens with one attached hydrogen (secondary N) is 2. The largest absolute Gasteiger partial charge is 0.356 e. The van der Waals surface area contributed by atoms with Crippen molar-refractivity contribution in [2.75, 3.05) is 13.6 Å². The Kier molecular flexibility index (Phi) is 10.2. The summed E-state index contributed by atoms with van der Waals surface area (Å²) in [5.41, 5.74) is 1.24. The Morgan fingerprint density at radius 3 is 2.48 bits per heavy atom. The van der Waals surface area contributed by atoms with E-state index < -0.39 is 0 Å². The monoisotopic (exact) mass is 424 g/mol. The number of halogens is 1. The van der Waals surface area contributed by atoms with Gasteiger partial charge in [0.15, 0.2) is 5.96 Å². The molecule has 0 aliphatic carbocycles. The number of nitrogens with zero attached hydrogens (tertiary/aromatic N) is 2. The molecule has 2 N–H and O–H groups in total. The highest BCUT2D eigenvalue weighted by Crippen LogP contribution is 2.17. The third-order valence-corrected chi connectivity index (χ3v) is 4.56. The predicted octanol–water partition coefficient (Wildman–Crippen LogP) is 3.38. The van der Waals surface area contributed by atoms with Gasteiger partial charge in [0, 0.05) is 30.9 Å². The number of hydrogen-bond acceptors (Lipinski definition) is 3. The summed E-state index contributed by atoms with van der Waals surface area (Å²) in [7, 11) is 1.81. The van der Waals surface area contributed by atoms with Crippen LogP contribution in [-0.2, 0) is 12.8 Å². The van der Waals surface area contributed by atoms with Gasteiger partial charge in [0.05, 0.1) is 10.7 Å². The molecule has 1 rings (SSSR count). The minimum absolute atomic E-state index is 0. The SMILES string of the molecule is CCc1nc(CCNC(=NC)NC(C)C(C)C)sc1C.I. The molecular weight excluding hydrogens is 395 g/mol. The molecule has 0 aliphatic heterocycles. The van der Waals surface area contributed by atoms with Crippen molar-refractivity contribution in [3.05, 3.63) is 15.6 Å². The van der Waals surface area contributed by atoms with Crippen molar-refractivity contribution < 1.29 is 0 Å². The van der Waals surface area contributed by atoms with Crippen molar-refractivity contribution >= 4 is 41.3 Å². The standard InChI is InChI=1S/C15H28N4S.HI/c1-7-13-12(5)20-14(19-13)8-9-17-15(16-6)18-11(4)10(2)3;/h10-11H,7-9H2,1-6H3,(H2,16,17,18);1H. The fourth-order valence-electron chi connectivity index (χ4n) is 1.79. The molecule has 4 nitrogen and oxygen atoms in total. The summed E-state index contributed by atoms with van der Waals surface area (Å²) in [6.45, 7) is 11.8. The van der Waals surface area contributed by atoms with Crippen molar-refractivity contribution in [2.45, 2.75) is 53.5 Å². The van der Waals surface area contributed by atoms with Gasteiger partial charge >= 0.3 is 0 Å². The van der Waals surface area contributed by atoms with E-state index in [0.717, 1.165) is 25.3 Å². The summed E-state index contributed by atoms with van der Waals surface area (Å²) in [6, 6.07) is 0.412. The maximum Gasteiger partial charge on any atom is 0.191 e. The van der Waals surface area contributed by atoms with Crippen LogP contribution < -0.4 is 10.6 Å². The van der Waals surface area contributed by atoms with Gasteiger partial charge in [0.2, 0.25) is 0 Å². The molecule has 21 heavy (non-hydrogen) atoms. The van der Waals surface area contributed by atoms with Crippen LogP contribution in [0, 0.1) is 12.8 Å². The van der Waals surface area contributed by atoms with E-state index in [9.17, 15) is 0 Å². The van der Waals surface area contributed by atoms with Crippen LogP contribution in [0.4, 0.5) is 0 Å². The number of thiazole rings is 1. The fraction of sp³-hybridized carbons (Fsp3) is 0.733. The Hall–Kier alpha value is -0.370. The molecule has 6 heteroatoms. The van der Waals surface area contributed by atoms with Gasteiger partial charge in [-0.2, -0.15) is 0 Å². The molecule has 0 radical (unpaired) electrons. The van der Waals surface area contributed by atoms with Crippen molar-refractivity contribution in [1.82, 2.24) is 15.6 Å². The average Bonchev–Trinajstić information content (AvgIpc) is 2.77. The average molecular weight is 424 g/mol. The third kappa shape index (κ3) is 6.95. The zero-order chi connectivity index (χ0) is 15.1. The third-order valence-electron chi connectivity index (χ3n) is 3.49. The maximum atomic E-state index is 4.66. The second-order valence-electron chi connectivity index (χ2n) is 5.39. The molecule has 1 aromatic heterocycles. The van der Waals surface area contributed by atoms with Crippen LogP contribution in [0.1, 0.15) is 43.3 Å². The summed E-state index contributed by atoms with van der Waals surface area (Å²) < 4.78 is 0. The van der Waals surface area contributed by atoms with Crippen LogP contribution in [0.2, 0.25) is 0 Å². The van der Waals surface area contributed by atoms with Crippen molar-refractivity contribution in [2.24, 2.45) is 10.9 Å². The zero-order valence-corrected chi connectivity index (χ0v) is 17.1. The summed E-state index contributed by atoms with van der Waals surface area (Å²) in [4.78, 5) is 10.3. The van der Waals surface area contributed by atoms with E-state index in [-0.39, 0.29) is 24.0 Å². The number of aliphatic imine (C=N–C) groups is 1. The molecule has 0 bridgehead atoms. The molecule has 1 aromatic rings. The smallest absolute Gasteiger partial charge is 0.191 e. The Morgan fingerprint density at radius 2 is 2.00 bits per heavy atom. The molecule has 0 spiro atoms. The maximum absolute atomic E-state index is 4.66. The molecule has 0 aromatic carbocycles. The highest BCUT2D eigenvalue weighted by atomic mass is 127. The lowest BCUT2D eigenvalue weighted by Gasteiger charge is -2.20. The summed E-state index contributed by atoms with van der Waals surface area (Å²) >= 11 is 1.81. The van der Waals surface area contributed by atoms with Gasteiger partial charge in [-0.05, 0) is 26.2 Å². The number of aryl methyl sites for hydroxylation is 2. The molecule has 0 amide bonds. The van der Waals surface area contributed by atoms with Crippen LogP contribution >= 0.6 is 35.3 Å². The number of rotatable bonds is 6. The highest BCUT2D eigenvalue weighted by molar-refractivity contribution is 14.0. The zero-order valence-electron chi connectivity index (χ0n) is 14.0. The topological polar surface area (TPSA) is 49.3 Å². The van der Waals surface area contributed by atoms with Gasteiger partial charge in [-0.15, -0.1) is 35.3 Å². The minimum atomic E-state index is 0. The first-order valence-corrected chi connectivity index (χ1v) is 8.21.